The van der Waals surface area contributed by atoms with E-state index >= 15 is 0 Å². The van der Waals surface area contributed by atoms with Gasteiger partial charge in [-0.2, -0.15) is 0 Å². The van der Waals surface area contributed by atoms with Crippen LogP contribution in [0.3, 0.4) is 0 Å². The van der Waals surface area contributed by atoms with Gasteiger partial charge in [0.2, 0.25) is 11.8 Å². The van der Waals surface area contributed by atoms with Crippen molar-refractivity contribution in [3.63, 3.8) is 0 Å². The summed E-state index contributed by atoms with van der Waals surface area (Å²) >= 11 is 12.8. The van der Waals surface area contributed by atoms with Gasteiger partial charge >= 0.3 is 5.97 Å². The number of esters is 1. The lowest BCUT2D eigenvalue weighted by Gasteiger charge is -2.28. The van der Waals surface area contributed by atoms with Crippen molar-refractivity contribution in [2.45, 2.75) is 17.2 Å². The number of carbonyl (C=O) groups is 4. The average molecular weight is 487 g/mol. The van der Waals surface area contributed by atoms with Crippen LogP contribution < -0.4 is 10.2 Å². The van der Waals surface area contributed by atoms with Crippen LogP contribution in [-0.4, -0.2) is 41.1 Å². The van der Waals surface area contributed by atoms with E-state index in [2.05, 4.69) is 5.32 Å². The molecule has 1 saturated heterocycles. The molecular formula is C24H20Cl2N2O5. The zero-order chi connectivity index (χ0) is 23.3. The minimum absolute atomic E-state index is 0.123. The van der Waals surface area contributed by atoms with Crippen molar-refractivity contribution < 1.29 is 23.9 Å². The molecule has 5 rings (SSSR count). The topological polar surface area (TPSA) is 92.8 Å². The molecule has 1 heterocycles. The fourth-order valence-corrected chi connectivity index (χ4v) is 6.20. The highest BCUT2D eigenvalue weighted by Crippen LogP contribution is 2.59. The Bertz CT molecular complexity index is 1110. The Kier molecular flexibility index (Phi) is 5.62. The van der Waals surface area contributed by atoms with Gasteiger partial charge in [-0.05, 0) is 48.6 Å². The van der Waals surface area contributed by atoms with E-state index in [0.717, 1.165) is 4.90 Å². The minimum atomic E-state index is -0.735. The predicted octanol–water partition coefficient (Wildman–Crippen LogP) is 3.45. The lowest BCUT2D eigenvalue weighted by atomic mass is 9.80. The van der Waals surface area contributed by atoms with E-state index in [0.29, 0.717) is 17.8 Å². The molecule has 3 fully saturated rings. The zero-order valence-electron chi connectivity index (χ0n) is 17.3. The van der Waals surface area contributed by atoms with Gasteiger partial charge in [0.15, 0.2) is 6.61 Å². The molecule has 6 atom stereocenters. The second-order valence-electron chi connectivity index (χ2n) is 8.56. The van der Waals surface area contributed by atoms with E-state index in [1.807, 2.05) is 6.07 Å². The molecule has 2 saturated carbocycles. The summed E-state index contributed by atoms with van der Waals surface area (Å²) in [6, 6.07) is 14.9. The molecule has 2 aliphatic carbocycles. The molecule has 0 unspecified atom stereocenters. The van der Waals surface area contributed by atoms with Crippen LogP contribution in [0.1, 0.15) is 16.8 Å². The third-order valence-electron chi connectivity index (χ3n) is 6.72. The van der Waals surface area contributed by atoms with Crippen molar-refractivity contribution in [3.8, 4) is 0 Å². The first-order valence-corrected chi connectivity index (χ1v) is 11.5. The molecule has 3 amide bonds. The summed E-state index contributed by atoms with van der Waals surface area (Å²) in [6.07, 6.45) is 0.681. The number of rotatable bonds is 5. The van der Waals surface area contributed by atoms with Crippen LogP contribution in [0.25, 0.3) is 0 Å². The molecular weight excluding hydrogens is 467 g/mol. The second-order valence-corrected chi connectivity index (χ2v) is 9.56. The highest BCUT2D eigenvalue weighted by molar-refractivity contribution is 6.32. The summed E-state index contributed by atoms with van der Waals surface area (Å²) in [4.78, 5) is 52.0. The first kappa shape index (κ1) is 21.9. The van der Waals surface area contributed by atoms with E-state index in [1.54, 1.807) is 36.4 Å². The second kappa shape index (κ2) is 8.47. The number of hydrogen-bond acceptors (Lipinski definition) is 5. The number of alkyl halides is 2. The van der Waals surface area contributed by atoms with Gasteiger partial charge in [-0.1, -0.05) is 24.3 Å². The summed E-state index contributed by atoms with van der Waals surface area (Å²) in [6.45, 7) is -0.471. The SMILES string of the molecule is O=C(COC(=O)c1cccc(N2C(=O)[C@@H]3[C@H]4C[C@@H]([C@@H](Cl)[C@H]4Cl)[C@H]3C2=O)c1)Nc1ccccc1. The molecule has 0 spiro atoms. The number of anilines is 2. The number of ether oxygens (including phenoxy) is 1. The van der Waals surface area contributed by atoms with Crippen LogP contribution in [0.4, 0.5) is 11.4 Å². The van der Waals surface area contributed by atoms with Crippen LogP contribution in [0.15, 0.2) is 54.6 Å². The third kappa shape index (κ3) is 3.69. The van der Waals surface area contributed by atoms with Crippen LogP contribution >= 0.6 is 23.2 Å². The number of benzene rings is 2. The number of halogens is 2. The number of carbonyl (C=O) groups excluding carboxylic acids is 4. The molecule has 9 heteroatoms. The van der Waals surface area contributed by atoms with Gasteiger partial charge in [-0.15, -0.1) is 23.2 Å². The Morgan fingerprint density at radius 3 is 2.21 bits per heavy atom. The third-order valence-corrected chi connectivity index (χ3v) is 8.04. The van der Waals surface area contributed by atoms with Crippen LogP contribution in [0.2, 0.25) is 0 Å². The average Bonchev–Trinajstić information content (AvgIpc) is 3.43. The highest BCUT2D eigenvalue weighted by atomic mass is 35.5. The smallest absolute Gasteiger partial charge is 0.338 e. The summed E-state index contributed by atoms with van der Waals surface area (Å²) in [5, 5.41) is 1.95. The first-order chi connectivity index (χ1) is 15.9. The predicted molar refractivity (Wildman–Crippen MR) is 122 cm³/mol. The van der Waals surface area contributed by atoms with E-state index < -0.39 is 30.3 Å². The fraction of sp³-hybridized carbons (Fsp3) is 0.333. The monoisotopic (exact) mass is 486 g/mol. The summed E-state index contributed by atoms with van der Waals surface area (Å²) in [7, 11) is 0. The van der Waals surface area contributed by atoms with Gasteiger partial charge in [0.1, 0.15) is 0 Å². The van der Waals surface area contributed by atoms with E-state index in [9.17, 15) is 19.2 Å². The van der Waals surface area contributed by atoms with Gasteiger partial charge in [-0.3, -0.25) is 19.3 Å². The van der Waals surface area contributed by atoms with Gasteiger partial charge in [-0.25, -0.2) is 4.79 Å². The van der Waals surface area contributed by atoms with Crippen molar-refractivity contribution in [1.29, 1.82) is 0 Å². The zero-order valence-corrected chi connectivity index (χ0v) is 18.8. The molecule has 2 aromatic rings. The number of hydrogen-bond donors (Lipinski definition) is 1. The Hall–Kier alpha value is -2.90. The Morgan fingerprint density at radius 1 is 0.939 bits per heavy atom. The number of fused-ring (bicyclic) bond motifs is 5. The summed E-state index contributed by atoms with van der Waals surface area (Å²) in [5.74, 6) is -3.02. The maximum absolute atomic E-state index is 13.1. The quantitative estimate of drug-likeness (QED) is 0.396. The number of para-hydroxylation sites is 1. The van der Waals surface area contributed by atoms with Crippen LogP contribution in [-0.2, 0) is 19.1 Å². The Balaban J connectivity index is 1.28. The summed E-state index contributed by atoms with van der Waals surface area (Å²) in [5.41, 5.74) is 1.01. The van der Waals surface area contributed by atoms with Gasteiger partial charge in [0, 0.05) is 5.69 Å². The molecule has 0 radical (unpaired) electrons. The van der Waals surface area contributed by atoms with Gasteiger partial charge < -0.3 is 10.1 Å². The molecule has 2 aromatic carbocycles. The van der Waals surface area contributed by atoms with E-state index in [-0.39, 0.29) is 40.0 Å². The first-order valence-electron chi connectivity index (χ1n) is 10.6. The number of imide groups is 1. The highest BCUT2D eigenvalue weighted by Gasteiger charge is 2.66. The molecule has 1 aliphatic heterocycles. The lowest BCUT2D eigenvalue weighted by Crippen LogP contribution is -2.37. The molecule has 1 N–H and O–H groups in total. The van der Waals surface area contributed by atoms with Crippen molar-refractivity contribution >= 4 is 58.3 Å². The minimum Gasteiger partial charge on any atom is -0.452 e. The number of nitrogens with one attached hydrogen (secondary N) is 1. The molecule has 0 aromatic heterocycles. The van der Waals surface area contributed by atoms with E-state index in [4.69, 9.17) is 27.9 Å². The van der Waals surface area contributed by atoms with Crippen LogP contribution in [0.5, 0.6) is 0 Å². The van der Waals surface area contributed by atoms with Crippen molar-refractivity contribution in [2.24, 2.45) is 23.7 Å². The molecule has 7 nitrogen and oxygen atoms in total. The normalized spacial score (nSPS) is 29.8. The molecule has 3 aliphatic rings. The maximum atomic E-state index is 13.1. The fourth-order valence-electron chi connectivity index (χ4n) is 5.31. The lowest BCUT2D eigenvalue weighted by molar-refractivity contribution is -0.123. The van der Waals surface area contributed by atoms with Gasteiger partial charge in [0.05, 0.1) is 33.8 Å². The van der Waals surface area contributed by atoms with E-state index in [1.165, 1.54) is 12.1 Å². The maximum Gasteiger partial charge on any atom is 0.338 e. The van der Waals surface area contributed by atoms with Gasteiger partial charge in [0.25, 0.3) is 5.91 Å². The van der Waals surface area contributed by atoms with Crippen molar-refractivity contribution in [1.82, 2.24) is 0 Å². The molecule has 33 heavy (non-hydrogen) atoms. The number of nitrogens with zero attached hydrogens (tertiary/aromatic N) is 1. The standard InChI is InChI=1S/C24H20Cl2N2O5/c25-20-15-10-16(21(20)26)19-18(15)22(30)28(23(19)31)14-8-4-5-12(9-14)24(32)33-11-17(29)27-13-6-2-1-3-7-13/h1-9,15-16,18-21H,10-11H2,(H,27,29)/t15-,16-,18-,19-,20-,21+/m1/s1. The van der Waals surface area contributed by atoms with Crippen molar-refractivity contribution in [3.05, 3.63) is 60.2 Å². The molecule has 2 bridgehead atoms. The molecule has 170 valence electrons. The Labute approximate surface area is 200 Å². The Morgan fingerprint density at radius 2 is 1.58 bits per heavy atom. The van der Waals surface area contributed by atoms with Crippen molar-refractivity contribution in [2.75, 3.05) is 16.8 Å². The van der Waals surface area contributed by atoms with Crippen LogP contribution in [0, 0.1) is 23.7 Å². The summed E-state index contributed by atoms with van der Waals surface area (Å²) < 4.78 is 5.11. The largest absolute Gasteiger partial charge is 0.452 e. The number of amides is 3.